The van der Waals surface area contributed by atoms with Gasteiger partial charge in [0.15, 0.2) is 0 Å². The number of aromatic nitrogens is 2. The van der Waals surface area contributed by atoms with Crippen molar-refractivity contribution in [2.24, 2.45) is 0 Å². The lowest BCUT2D eigenvalue weighted by atomic mass is 10.1. The van der Waals surface area contributed by atoms with Crippen molar-refractivity contribution < 1.29 is 18.0 Å². The van der Waals surface area contributed by atoms with Crippen LogP contribution in [0.3, 0.4) is 0 Å². The number of aromatic amines is 1. The van der Waals surface area contributed by atoms with Crippen LogP contribution in [0.1, 0.15) is 17.7 Å². The standard InChI is InChI=1S/C18H22F3N5O/c19-18(20,21)15-4-1-2-5-16(15)23-17(27)13-26-9-3-8-25(10-11-26)12-14-6-7-22-24-14/h1-2,4-7H,3,8-13H2,(H,22,24)(H,23,27). The maximum absolute atomic E-state index is 13.0. The Labute approximate surface area is 155 Å². The molecule has 3 rings (SSSR count). The monoisotopic (exact) mass is 381 g/mol. The first-order valence-corrected chi connectivity index (χ1v) is 8.81. The van der Waals surface area contributed by atoms with E-state index in [1.54, 1.807) is 6.20 Å². The Morgan fingerprint density at radius 1 is 1.11 bits per heavy atom. The molecular formula is C18H22F3N5O. The zero-order valence-corrected chi connectivity index (χ0v) is 14.8. The van der Waals surface area contributed by atoms with Crippen LogP contribution < -0.4 is 5.32 Å². The number of hydrogen-bond donors (Lipinski definition) is 2. The third kappa shape index (κ3) is 5.54. The molecule has 0 aliphatic carbocycles. The molecule has 9 heteroatoms. The maximum atomic E-state index is 13.0. The molecule has 1 aromatic heterocycles. The van der Waals surface area contributed by atoms with Gasteiger partial charge in [0.05, 0.1) is 17.8 Å². The molecule has 1 amide bonds. The summed E-state index contributed by atoms with van der Waals surface area (Å²) in [5.41, 5.74) is -0.00408. The highest BCUT2D eigenvalue weighted by Crippen LogP contribution is 2.34. The average molecular weight is 381 g/mol. The molecule has 0 bridgehead atoms. The Morgan fingerprint density at radius 2 is 1.85 bits per heavy atom. The fraction of sp³-hybridized carbons (Fsp3) is 0.444. The van der Waals surface area contributed by atoms with E-state index in [0.29, 0.717) is 6.54 Å². The second kappa shape index (κ2) is 8.53. The van der Waals surface area contributed by atoms with Crippen LogP contribution in [-0.4, -0.2) is 58.6 Å². The highest BCUT2D eigenvalue weighted by Gasteiger charge is 2.33. The van der Waals surface area contributed by atoms with Crippen LogP contribution in [0.4, 0.5) is 18.9 Å². The van der Waals surface area contributed by atoms with Gasteiger partial charge in [0.1, 0.15) is 0 Å². The number of nitrogens with one attached hydrogen (secondary N) is 2. The van der Waals surface area contributed by atoms with Crippen molar-refractivity contribution in [1.29, 1.82) is 0 Å². The van der Waals surface area contributed by atoms with Gasteiger partial charge in [-0.25, -0.2) is 0 Å². The Bertz CT molecular complexity index is 748. The average Bonchev–Trinajstić information content (AvgIpc) is 3.02. The molecule has 1 aromatic carbocycles. The molecule has 146 valence electrons. The van der Waals surface area contributed by atoms with Crippen LogP contribution in [0.25, 0.3) is 0 Å². The number of H-pyrrole nitrogens is 1. The molecule has 1 aliphatic heterocycles. The first kappa shape index (κ1) is 19.4. The van der Waals surface area contributed by atoms with E-state index in [9.17, 15) is 18.0 Å². The second-order valence-corrected chi connectivity index (χ2v) is 6.58. The minimum Gasteiger partial charge on any atom is -0.324 e. The molecule has 2 N–H and O–H groups in total. The predicted molar refractivity (Wildman–Crippen MR) is 95.0 cm³/mol. The summed E-state index contributed by atoms with van der Waals surface area (Å²) in [6.07, 6.45) is -1.90. The summed E-state index contributed by atoms with van der Waals surface area (Å²) in [6, 6.07) is 6.95. The van der Waals surface area contributed by atoms with Crippen molar-refractivity contribution in [3.8, 4) is 0 Å². The molecule has 6 nitrogen and oxygen atoms in total. The lowest BCUT2D eigenvalue weighted by molar-refractivity contribution is -0.137. The van der Waals surface area contributed by atoms with Gasteiger partial charge in [-0.1, -0.05) is 12.1 Å². The van der Waals surface area contributed by atoms with Crippen molar-refractivity contribution in [1.82, 2.24) is 20.0 Å². The Hall–Kier alpha value is -2.39. The number of para-hydroxylation sites is 1. The van der Waals surface area contributed by atoms with Crippen molar-refractivity contribution in [2.45, 2.75) is 19.1 Å². The number of carbonyl (C=O) groups excluding carboxylic acids is 1. The van der Waals surface area contributed by atoms with Gasteiger partial charge in [-0.2, -0.15) is 18.3 Å². The Kier molecular flexibility index (Phi) is 6.12. The molecule has 1 fully saturated rings. The molecule has 0 unspecified atom stereocenters. The van der Waals surface area contributed by atoms with Gasteiger partial charge < -0.3 is 5.32 Å². The number of halogens is 3. The zero-order chi connectivity index (χ0) is 19.3. The van der Waals surface area contributed by atoms with Crippen LogP contribution in [-0.2, 0) is 17.5 Å². The first-order chi connectivity index (χ1) is 12.9. The number of rotatable bonds is 5. The van der Waals surface area contributed by atoms with Gasteiger partial charge in [-0.05, 0) is 37.7 Å². The van der Waals surface area contributed by atoms with Gasteiger partial charge in [0, 0.05) is 31.5 Å². The first-order valence-electron chi connectivity index (χ1n) is 8.81. The molecule has 2 aromatic rings. The third-order valence-electron chi connectivity index (χ3n) is 4.51. The summed E-state index contributed by atoms with van der Waals surface area (Å²) in [6.45, 7) is 3.93. The maximum Gasteiger partial charge on any atom is 0.418 e. The van der Waals surface area contributed by atoms with Crippen molar-refractivity contribution >= 4 is 11.6 Å². The van der Waals surface area contributed by atoms with E-state index in [2.05, 4.69) is 20.4 Å². The van der Waals surface area contributed by atoms with Crippen LogP contribution >= 0.6 is 0 Å². The van der Waals surface area contributed by atoms with E-state index in [1.807, 2.05) is 11.0 Å². The van der Waals surface area contributed by atoms with E-state index in [4.69, 9.17) is 0 Å². The van der Waals surface area contributed by atoms with Crippen LogP contribution in [0.2, 0.25) is 0 Å². The number of carbonyl (C=O) groups is 1. The molecule has 0 atom stereocenters. The summed E-state index contributed by atoms with van der Waals surface area (Å²) in [5.74, 6) is -0.436. The van der Waals surface area contributed by atoms with E-state index in [1.165, 1.54) is 18.2 Å². The molecular weight excluding hydrogens is 359 g/mol. The van der Waals surface area contributed by atoms with Gasteiger partial charge >= 0.3 is 6.18 Å². The van der Waals surface area contributed by atoms with E-state index < -0.39 is 17.6 Å². The fourth-order valence-corrected chi connectivity index (χ4v) is 3.19. The van der Waals surface area contributed by atoms with Crippen molar-refractivity contribution in [3.05, 3.63) is 47.8 Å². The summed E-state index contributed by atoms with van der Waals surface area (Å²) in [4.78, 5) is 16.5. The number of anilines is 1. The molecule has 0 radical (unpaired) electrons. The minimum absolute atomic E-state index is 0.0735. The van der Waals surface area contributed by atoms with E-state index in [-0.39, 0.29) is 12.2 Å². The molecule has 0 spiro atoms. The summed E-state index contributed by atoms with van der Waals surface area (Å²) in [7, 11) is 0. The number of hydrogen-bond acceptors (Lipinski definition) is 4. The summed E-state index contributed by atoms with van der Waals surface area (Å²) < 4.78 is 39.1. The minimum atomic E-state index is -4.50. The number of nitrogens with zero attached hydrogens (tertiary/aromatic N) is 3. The highest BCUT2D eigenvalue weighted by molar-refractivity contribution is 5.93. The number of amides is 1. The molecule has 2 heterocycles. The lowest BCUT2D eigenvalue weighted by Gasteiger charge is -2.21. The number of alkyl halides is 3. The Morgan fingerprint density at radius 3 is 2.59 bits per heavy atom. The highest BCUT2D eigenvalue weighted by atomic mass is 19.4. The van der Waals surface area contributed by atoms with Gasteiger partial charge in [-0.3, -0.25) is 19.7 Å². The molecule has 27 heavy (non-hydrogen) atoms. The summed E-state index contributed by atoms with van der Waals surface area (Å²) >= 11 is 0. The second-order valence-electron chi connectivity index (χ2n) is 6.58. The quantitative estimate of drug-likeness (QED) is 0.836. The summed E-state index contributed by atoms with van der Waals surface area (Å²) in [5, 5.41) is 9.27. The smallest absolute Gasteiger partial charge is 0.324 e. The third-order valence-corrected chi connectivity index (χ3v) is 4.51. The van der Waals surface area contributed by atoms with Crippen LogP contribution in [0.5, 0.6) is 0 Å². The normalized spacial score (nSPS) is 16.9. The van der Waals surface area contributed by atoms with Gasteiger partial charge in [0.2, 0.25) is 5.91 Å². The van der Waals surface area contributed by atoms with E-state index >= 15 is 0 Å². The van der Waals surface area contributed by atoms with Crippen LogP contribution in [0, 0.1) is 0 Å². The lowest BCUT2D eigenvalue weighted by Crippen LogP contribution is -2.36. The largest absolute Gasteiger partial charge is 0.418 e. The Balaban J connectivity index is 1.53. The topological polar surface area (TPSA) is 64.3 Å². The van der Waals surface area contributed by atoms with Crippen LogP contribution in [0.15, 0.2) is 36.5 Å². The van der Waals surface area contributed by atoms with Crippen molar-refractivity contribution in [2.75, 3.05) is 38.0 Å². The molecule has 0 saturated carbocycles. The van der Waals surface area contributed by atoms with Gasteiger partial charge in [-0.15, -0.1) is 0 Å². The predicted octanol–water partition coefficient (Wildman–Crippen LogP) is 2.57. The SMILES string of the molecule is O=C(CN1CCCN(Cc2ccn[nH]2)CC1)Nc1ccccc1C(F)(F)F. The van der Waals surface area contributed by atoms with Gasteiger partial charge in [0.25, 0.3) is 0 Å². The number of benzene rings is 1. The fourth-order valence-electron chi connectivity index (χ4n) is 3.19. The van der Waals surface area contributed by atoms with E-state index in [0.717, 1.165) is 44.4 Å². The zero-order valence-electron chi connectivity index (χ0n) is 14.8. The molecule has 1 saturated heterocycles. The van der Waals surface area contributed by atoms with Crippen molar-refractivity contribution in [3.63, 3.8) is 0 Å². The molecule has 1 aliphatic rings.